The van der Waals surface area contributed by atoms with E-state index in [0.717, 1.165) is 23.8 Å². The van der Waals surface area contributed by atoms with Crippen LogP contribution in [0, 0.1) is 0 Å². The molecular weight excluding hydrogens is 485 g/mol. The third-order valence-electron chi connectivity index (χ3n) is 4.28. The number of aryl methyl sites for hydroxylation is 1. The lowest BCUT2D eigenvalue weighted by atomic mass is 9.98. The zero-order valence-corrected chi connectivity index (χ0v) is 18.3. The second kappa shape index (κ2) is 8.87. The maximum atomic E-state index is 12.8. The van der Waals surface area contributed by atoms with Crippen LogP contribution in [-0.2, 0) is 26.2 Å². The summed E-state index contributed by atoms with van der Waals surface area (Å²) < 4.78 is 43.6. The summed E-state index contributed by atoms with van der Waals surface area (Å²) >= 11 is 1.75. The highest BCUT2D eigenvalue weighted by Crippen LogP contribution is 2.47. The third-order valence-corrected chi connectivity index (χ3v) is 7.49. The van der Waals surface area contributed by atoms with Crippen LogP contribution < -0.4 is 5.32 Å². The van der Waals surface area contributed by atoms with Gasteiger partial charge in [-0.1, -0.05) is 11.8 Å². The zero-order chi connectivity index (χ0) is 23.0. The fourth-order valence-corrected chi connectivity index (χ4v) is 5.73. The Morgan fingerprint density at radius 2 is 2.16 bits per heavy atom. The largest absolute Gasteiger partial charge is 0.477 e. The van der Waals surface area contributed by atoms with E-state index in [0.29, 0.717) is 10.7 Å². The number of β-lactam (4-membered cyclic amide) rings is 1. The molecule has 1 fully saturated rings. The summed E-state index contributed by atoms with van der Waals surface area (Å²) in [5.41, 5.74) is -6.39. The minimum Gasteiger partial charge on any atom is -0.477 e. The predicted molar refractivity (Wildman–Crippen MR) is 104 cm³/mol. The van der Waals surface area contributed by atoms with Crippen LogP contribution in [0.5, 0.6) is 0 Å². The van der Waals surface area contributed by atoms with E-state index in [1.807, 2.05) is 0 Å². The van der Waals surface area contributed by atoms with Gasteiger partial charge in [0.15, 0.2) is 0 Å². The van der Waals surface area contributed by atoms with Gasteiger partial charge in [0.05, 0.1) is 5.75 Å². The number of fused-ring (bicyclic) bond motifs is 1. The SMILES string of the molecule is CO[C@@]1(NC(=O)CSC(F)(F)F)C(=O)N2C(C(=O)O)=C(CSc3nnnn3C)CS[C@H]21. The molecule has 1 saturated heterocycles. The molecule has 3 heterocycles. The number of carbonyl (C=O) groups excluding carboxylic acids is 2. The van der Waals surface area contributed by atoms with Crippen LogP contribution in [0.4, 0.5) is 13.2 Å². The van der Waals surface area contributed by atoms with E-state index in [1.165, 1.54) is 16.4 Å². The second-order valence-electron chi connectivity index (χ2n) is 6.19. The van der Waals surface area contributed by atoms with E-state index in [-0.39, 0.29) is 17.2 Å². The molecule has 3 rings (SSSR count). The van der Waals surface area contributed by atoms with Crippen molar-refractivity contribution in [2.75, 3.05) is 24.4 Å². The van der Waals surface area contributed by atoms with Crippen molar-refractivity contribution in [1.82, 2.24) is 30.4 Å². The molecule has 0 bridgehead atoms. The molecule has 0 spiro atoms. The summed E-state index contributed by atoms with van der Waals surface area (Å²) in [6, 6.07) is 0. The maximum Gasteiger partial charge on any atom is 0.442 e. The van der Waals surface area contributed by atoms with Gasteiger partial charge in [-0.05, 0) is 27.8 Å². The number of aliphatic carboxylic acids is 1. The zero-order valence-electron chi connectivity index (χ0n) is 15.9. The molecule has 0 unspecified atom stereocenters. The Labute approximate surface area is 185 Å². The Morgan fingerprint density at radius 1 is 1.45 bits per heavy atom. The van der Waals surface area contributed by atoms with Crippen molar-refractivity contribution in [3.8, 4) is 0 Å². The van der Waals surface area contributed by atoms with Crippen LogP contribution in [-0.4, -0.2) is 89.0 Å². The van der Waals surface area contributed by atoms with Crippen LogP contribution in [0.15, 0.2) is 16.4 Å². The molecule has 31 heavy (non-hydrogen) atoms. The van der Waals surface area contributed by atoms with Crippen molar-refractivity contribution in [2.24, 2.45) is 7.05 Å². The monoisotopic (exact) mass is 500 g/mol. The van der Waals surface area contributed by atoms with E-state index in [9.17, 15) is 32.7 Å². The fraction of sp³-hybridized carbons (Fsp3) is 0.571. The number of carboxylic acid groups (broad SMARTS) is 1. The highest BCUT2D eigenvalue weighted by atomic mass is 32.2. The number of hydrogen-bond donors (Lipinski definition) is 2. The molecule has 2 atom stereocenters. The Kier molecular flexibility index (Phi) is 6.78. The molecule has 170 valence electrons. The maximum absolute atomic E-state index is 12.8. The number of thioether (sulfide) groups is 3. The summed E-state index contributed by atoms with van der Waals surface area (Å²) in [6.45, 7) is 0. The molecule has 1 aromatic heterocycles. The molecule has 0 aliphatic carbocycles. The lowest BCUT2D eigenvalue weighted by Gasteiger charge is -2.55. The summed E-state index contributed by atoms with van der Waals surface area (Å²) in [7, 11) is 2.73. The molecule has 0 saturated carbocycles. The van der Waals surface area contributed by atoms with Gasteiger partial charge in [-0.15, -0.1) is 16.9 Å². The van der Waals surface area contributed by atoms with Gasteiger partial charge in [0.1, 0.15) is 11.1 Å². The number of methoxy groups -OCH3 is 1. The number of alkyl halides is 3. The van der Waals surface area contributed by atoms with Crippen molar-refractivity contribution in [2.45, 2.75) is 21.8 Å². The highest BCUT2D eigenvalue weighted by molar-refractivity contribution is 8.01. The van der Waals surface area contributed by atoms with Crippen molar-refractivity contribution >= 4 is 53.1 Å². The number of nitrogens with one attached hydrogen (secondary N) is 1. The first kappa shape index (κ1) is 23.7. The van der Waals surface area contributed by atoms with Gasteiger partial charge >= 0.3 is 11.5 Å². The minimum absolute atomic E-state index is 0.187. The Morgan fingerprint density at radius 3 is 2.71 bits per heavy atom. The average Bonchev–Trinajstić information content (AvgIpc) is 3.11. The lowest BCUT2D eigenvalue weighted by molar-refractivity contribution is -0.192. The van der Waals surface area contributed by atoms with Crippen LogP contribution in [0.1, 0.15) is 0 Å². The highest BCUT2D eigenvalue weighted by Gasteiger charge is 2.66. The third kappa shape index (κ3) is 4.63. The second-order valence-corrected chi connectivity index (χ2v) is 9.24. The minimum atomic E-state index is -4.61. The first-order chi connectivity index (χ1) is 14.5. The van der Waals surface area contributed by atoms with Crippen LogP contribution in [0.3, 0.4) is 0 Å². The summed E-state index contributed by atoms with van der Waals surface area (Å²) in [5.74, 6) is -3.88. The molecular formula is C14H15F3N6O5S3. The van der Waals surface area contributed by atoms with E-state index in [1.54, 1.807) is 7.05 Å². The number of nitrogens with zero attached hydrogens (tertiary/aromatic N) is 5. The van der Waals surface area contributed by atoms with E-state index < -0.39 is 51.9 Å². The molecule has 0 aromatic carbocycles. The molecule has 2 aliphatic rings. The van der Waals surface area contributed by atoms with Crippen LogP contribution >= 0.6 is 35.3 Å². The van der Waals surface area contributed by atoms with Gasteiger partial charge in [-0.3, -0.25) is 14.5 Å². The van der Waals surface area contributed by atoms with Crippen molar-refractivity contribution < 1.29 is 37.4 Å². The number of tetrazole rings is 1. The molecule has 2 N–H and O–H groups in total. The average molecular weight is 501 g/mol. The summed E-state index contributed by atoms with van der Waals surface area (Å²) in [4.78, 5) is 37.7. The topological polar surface area (TPSA) is 140 Å². The molecule has 11 nitrogen and oxygen atoms in total. The van der Waals surface area contributed by atoms with Gasteiger partial charge in [0.25, 0.3) is 11.6 Å². The normalized spacial score (nSPS) is 23.5. The molecule has 2 amide bonds. The van der Waals surface area contributed by atoms with Crippen molar-refractivity contribution in [3.63, 3.8) is 0 Å². The lowest BCUT2D eigenvalue weighted by Crippen LogP contribution is -2.80. The van der Waals surface area contributed by atoms with Gasteiger partial charge in [0, 0.05) is 25.7 Å². The standard InChI is InChI=1S/C14H15F3N6O5S3/c1-22-12(19-20-21-22)30-4-6-3-29-11-13(28-2,10(27)23(11)8(6)9(25)26)18-7(24)5-31-14(15,16)17/h11H,3-5H2,1-2H3,(H,18,24)(H,25,26)/t11-,13-/m0/s1. The number of aromatic nitrogens is 4. The van der Waals surface area contributed by atoms with E-state index in [2.05, 4.69) is 20.8 Å². The molecule has 17 heteroatoms. The van der Waals surface area contributed by atoms with Gasteiger partial charge in [0.2, 0.25) is 11.1 Å². The Balaban J connectivity index is 1.77. The molecule has 0 radical (unpaired) electrons. The van der Waals surface area contributed by atoms with Crippen LogP contribution in [0.25, 0.3) is 0 Å². The number of amides is 2. The smallest absolute Gasteiger partial charge is 0.442 e. The fourth-order valence-electron chi connectivity index (χ4n) is 2.94. The van der Waals surface area contributed by atoms with Gasteiger partial charge in [-0.25, -0.2) is 9.48 Å². The summed E-state index contributed by atoms with van der Waals surface area (Å²) in [5, 5.41) is 22.3. The summed E-state index contributed by atoms with van der Waals surface area (Å²) in [6.07, 6.45) is 0. The quantitative estimate of drug-likeness (QED) is 0.289. The first-order valence-electron chi connectivity index (χ1n) is 8.32. The van der Waals surface area contributed by atoms with Gasteiger partial charge < -0.3 is 15.2 Å². The number of hydrogen-bond acceptors (Lipinski definition) is 10. The first-order valence-corrected chi connectivity index (χ1v) is 11.3. The van der Waals surface area contributed by atoms with Crippen LogP contribution in [0.2, 0.25) is 0 Å². The van der Waals surface area contributed by atoms with E-state index in [4.69, 9.17) is 4.74 Å². The number of carboxylic acids is 1. The number of rotatable bonds is 8. The number of ether oxygens (including phenoxy) is 1. The molecule has 1 aromatic rings. The van der Waals surface area contributed by atoms with Crippen molar-refractivity contribution in [1.29, 1.82) is 0 Å². The number of halogens is 3. The van der Waals surface area contributed by atoms with E-state index >= 15 is 0 Å². The Bertz CT molecular complexity index is 941. The predicted octanol–water partition coefficient (Wildman–Crippen LogP) is 0.268. The van der Waals surface area contributed by atoms with Gasteiger partial charge in [-0.2, -0.15) is 13.2 Å². The number of carbonyl (C=O) groups is 3. The molecule has 2 aliphatic heterocycles. The Hall–Kier alpha value is -1.98. The van der Waals surface area contributed by atoms with Crippen molar-refractivity contribution in [3.05, 3.63) is 11.3 Å².